The molecule has 1 amide bonds. The van der Waals surface area contributed by atoms with Gasteiger partial charge in [0, 0.05) is 36.1 Å². The van der Waals surface area contributed by atoms with E-state index in [1.54, 1.807) is 16.3 Å². The normalized spacial score (nSPS) is 13.6. The summed E-state index contributed by atoms with van der Waals surface area (Å²) in [6.45, 7) is 0.624. The standard InChI is InChI=1S/C22H23N3O2S/c26-21(23-14-15-28-17-6-2-1-3-7-17)13-12-20-24-19-9-5-4-8-18(19)22(27)25(20)16-10-11-16/h1-9,16H,10-15H2,(H,23,26). The molecule has 1 aromatic heterocycles. The van der Waals surface area contributed by atoms with Gasteiger partial charge in [-0.25, -0.2) is 4.98 Å². The molecule has 0 atom stereocenters. The summed E-state index contributed by atoms with van der Waals surface area (Å²) in [7, 11) is 0. The van der Waals surface area contributed by atoms with Gasteiger partial charge in [-0.05, 0) is 37.1 Å². The Hall–Kier alpha value is -2.60. The highest BCUT2D eigenvalue weighted by atomic mass is 32.2. The largest absolute Gasteiger partial charge is 0.355 e. The molecule has 3 aromatic rings. The number of carbonyl (C=O) groups is 1. The molecule has 1 aliphatic rings. The van der Waals surface area contributed by atoms with Crippen LogP contribution < -0.4 is 10.9 Å². The fourth-order valence-electron chi connectivity index (χ4n) is 3.27. The zero-order valence-electron chi connectivity index (χ0n) is 15.6. The zero-order valence-corrected chi connectivity index (χ0v) is 16.5. The SMILES string of the molecule is O=C(CCc1nc2ccccc2c(=O)n1C1CC1)NCCSc1ccccc1. The minimum absolute atomic E-state index is 0.00147. The predicted octanol–water partition coefficient (Wildman–Crippen LogP) is 3.57. The lowest BCUT2D eigenvalue weighted by Crippen LogP contribution is -2.28. The highest BCUT2D eigenvalue weighted by molar-refractivity contribution is 7.99. The van der Waals surface area contributed by atoms with Gasteiger partial charge >= 0.3 is 0 Å². The van der Waals surface area contributed by atoms with E-state index < -0.39 is 0 Å². The second kappa shape index (κ2) is 8.61. The van der Waals surface area contributed by atoms with Crippen molar-refractivity contribution in [1.82, 2.24) is 14.9 Å². The van der Waals surface area contributed by atoms with Crippen molar-refractivity contribution in [3.8, 4) is 0 Å². The van der Waals surface area contributed by atoms with Crippen molar-refractivity contribution in [1.29, 1.82) is 0 Å². The van der Waals surface area contributed by atoms with Crippen LogP contribution in [0.1, 0.15) is 31.1 Å². The molecule has 5 nitrogen and oxygen atoms in total. The number of aromatic nitrogens is 2. The predicted molar refractivity (Wildman–Crippen MR) is 113 cm³/mol. The van der Waals surface area contributed by atoms with Crippen LogP contribution in [0.5, 0.6) is 0 Å². The van der Waals surface area contributed by atoms with Crippen LogP contribution in [0.4, 0.5) is 0 Å². The lowest BCUT2D eigenvalue weighted by molar-refractivity contribution is -0.120. The molecule has 144 valence electrons. The molecule has 0 saturated heterocycles. The van der Waals surface area contributed by atoms with Crippen LogP contribution in [0.25, 0.3) is 10.9 Å². The van der Waals surface area contributed by atoms with E-state index in [0.717, 1.165) is 24.4 Å². The van der Waals surface area contributed by atoms with Crippen LogP contribution in [0.2, 0.25) is 0 Å². The van der Waals surface area contributed by atoms with Crippen LogP contribution in [0, 0.1) is 0 Å². The van der Waals surface area contributed by atoms with E-state index in [9.17, 15) is 9.59 Å². The highest BCUT2D eigenvalue weighted by Crippen LogP contribution is 2.34. The van der Waals surface area contributed by atoms with E-state index in [1.165, 1.54) is 4.90 Å². The molecule has 0 radical (unpaired) electrons. The number of nitrogens with zero attached hydrogens (tertiary/aromatic N) is 2. The summed E-state index contributed by atoms with van der Waals surface area (Å²) in [4.78, 5) is 31.0. The van der Waals surface area contributed by atoms with E-state index in [2.05, 4.69) is 22.4 Å². The Kier molecular flexibility index (Phi) is 5.76. The van der Waals surface area contributed by atoms with Crippen molar-refractivity contribution in [3.63, 3.8) is 0 Å². The minimum Gasteiger partial charge on any atom is -0.355 e. The highest BCUT2D eigenvalue weighted by Gasteiger charge is 2.28. The number of aryl methyl sites for hydroxylation is 1. The molecule has 1 aliphatic carbocycles. The molecule has 1 saturated carbocycles. The fourth-order valence-corrected chi connectivity index (χ4v) is 4.06. The number of nitrogens with one attached hydrogen (secondary N) is 1. The van der Waals surface area contributed by atoms with Crippen LogP contribution in [-0.2, 0) is 11.2 Å². The van der Waals surface area contributed by atoms with Gasteiger partial charge in [0.25, 0.3) is 5.56 Å². The first-order valence-electron chi connectivity index (χ1n) is 9.67. The second-order valence-electron chi connectivity index (χ2n) is 6.96. The van der Waals surface area contributed by atoms with Gasteiger partial charge in [0.1, 0.15) is 5.82 Å². The summed E-state index contributed by atoms with van der Waals surface area (Å²) in [6, 6.07) is 17.8. The van der Waals surface area contributed by atoms with Crippen LogP contribution in [0.15, 0.2) is 64.3 Å². The maximum Gasteiger partial charge on any atom is 0.261 e. The molecule has 1 N–H and O–H groups in total. The Morgan fingerprint density at radius 2 is 1.86 bits per heavy atom. The molecule has 0 spiro atoms. The number of hydrogen-bond acceptors (Lipinski definition) is 4. The zero-order chi connectivity index (χ0) is 19.3. The number of carbonyl (C=O) groups excluding carboxylic acids is 1. The molecule has 6 heteroatoms. The number of para-hydroxylation sites is 1. The average Bonchev–Trinajstić information content (AvgIpc) is 3.55. The molecule has 1 heterocycles. The lowest BCUT2D eigenvalue weighted by atomic mass is 10.2. The van der Waals surface area contributed by atoms with Gasteiger partial charge in [0.15, 0.2) is 0 Å². The van der Waals surface area contributed by atoms with Gasteiger partial charge in [-0.2, -0.15) is 0 Å². The molecular weight excluding hydrogens is 370 g/mol. The fraction of sp³-hybridized carbons (Fsp3) is 0.318. The van der Waals surface area contributed by atoms with Crippen molar-refractivity contribution < 1.29 is 4.79 Å². The summed E-state index contributed by atoms with van der Waals surface area (Å²) in [5, 5.41) is 3.62. The van der Waals surface area contributed by atoms with E-state index in [-0.39, 0.29) is 17.5 Å². The first-order valence-corrected chi connectivity index (χ1v) is 10.7. The van der Waals surface area contributed by atoms with E-state index in [1.807, 2.05) is 42.5 Å². The summed E-state index contributed by atoms with van der Waals surface area (Å²) >= 11 is 1.72. The minimum atomic E-state index is -0.00147. The number of hydrogen-bond donors (Lipinski definition) is 1. The monoisotopic (exact) mass is 393 g/mol. The van der Waals surface area contributed by atoms with E-state index >= 15 is 0 Å². The Morgan fingerprint density at radius 1 is 1.11 bits per heavy atom. The Morgan fingerprint density at radius 3 is 2.64 bits per heavy atom. The van der Waals surface area contributed by atoms with Crippen molar-refractivity contribution in [2.45, 2.75) is 36.6 Å². The summed E-state index contributed by atoms with van der Waals surface area (Å²) < 4.78 is 1.81. The maximum atomic E-state index is 12.8. The first kappa shape index (κ1) is 18.7. The number of fused-ring (bicyclic) bond motifs is 1. The molecule has 28 heavy (non-hydrogen) atoms. The molecule has 4 rings (SSSR count). The van der Waals surface area contributed by atoms with E-state index in [4.69, 9.17) is 0 Å². The number of rotatable bonds is 8. The Balaban J connectivity index is 1.35. The number of thioether (sulfide) groups is 1. The third-order valence-corrected chi connectivity index (χ3v) is 5.82. The first-order chi connectivity index (χ1) is 13.7. The van der Waals surface area contributed by atoms with Gasteiger partial charge in [-0.1, -0.05) is 30.3 Å². The average molecular weight is 394 g/mol. The molecule has 0 bridgehead atoms. The molecule has 1 fully saturated rings. The van der Waals surface area contributed by atoms with Gasteiger partial charge in [0.05, 0.1) is 10.9 Å². The topological polar surface area (TPSA) is 64.0 Å². The van der Waals surface area contributed by atoms with Gasteiger partial charge in [-0.15, -0.1) is 11.8 Å². The van der Waals surface area contributed by atoms with Crippen molar-refractivity contribution in [2.24, 2.45) is 0 Å². The van der Waals surface area contributed by atoms with Gasteiger partial charge in [0.2, 0.25) is 5.91 Å². The Labute approximate surface area is 168 Å². The number of benzene rings is 2. The third-order valence-electron chi connectivity index (χ3n) is 4.80. The van der Waals surface area contributed by atoms with E-state index in [0.29, 0.717) is 30.3 Å². The van der Waals surface area contributed by atoms with Crippen LogP contribution in [0.3, 0.4) is 0 Å². The van der Waals surface area contributed by atoms with Crippen LogP contribution in [-0.4, -0.2) is 27.8 Å². The van der Waals surface area contributed by atoms with Gasteiger partial charge in [-0.3, -0.25) is 14.2 Å². The Bertz CT molecular complexity index is 1030. The molecule has 2 aromatic carbocycles. The molecule has 0 unspecified atom stereocenters. The summed E-state index contributed by atoms with van der Waals surface area (Å²) in [6.07, 6.45) is 2.84. The summed E-state index contributed by atoms with van der Waals surface area (Å²) in [5.41, 5.74) is 0.724. The van der Waals surface area contributed by atoms with Crippen molar-refractivity contribution in [2.75, 3.05) is 12.3 Å². The number of amides is 1. The maximum absolute atomic E-state index is 12.8. The quantitative estimate of drug-likeness (QED) is 0.469. The summed E-state index contributed by atoms with van der Waals surface area (Å²) in [5.74, 6) is 1.55. The van der Waals surface area contributed by atoms with Crippen molar-refractivity contribution >= 4 is 28.6 Å². The van der Waals surface area contributed by atoms with Crippen LogP contribution >= 0.6 is 11.8 Å². The molecular formula is C22H23N3O2S. The third kappa shape index (κ3) is 4.44. The van der Waals surface area contributed by atoms with Crippen molar-refractivity contribution in [3.05, 3.63) is 70.8 Å². The molecule has 0 aliphatic heterocycles. The smallest absolute Gasteiger partial charge is 0.261 e. The van der Waals surface area contributed by atoms with Gasteiger partial charge < -0.3 is 5.32 Å². The second-order valence-corrected chi connectivity index (χ2v) is 8.13. The lowest BCUT2D eigenvalue weighted by Gasteiger charge is -2.13.